The second kappa shape index (κ2) is 8.51. The van der Waals surface area contributed by atoms with Crippen LogP contribution >= 0.6 is 0 Å². The van der Waals surface area contributed by atoms with Crippen LogP contribution < -0.4 is 14.2 Å². The predicted octanol–water partition coefficient (Wildman–Crippen LogP) is 3.04. The van der Waals surface area contributed by atoms with Gasteiger partial charge < -0.3 is 9.47 Å². The van der Waals surface area contributed by atoms with Crippen molar-refractivity contribution in [1.82, 2.24) is 4.72 Å². The number of unbranched alkanes of at least 4 members (excludes halogenated alkanes) is 1. The van der Waals surface area contributed by atoms with E-state index in [1.165, 1.54) is 24.3 Å². The number of hydrogen-bond donors (Lipinski definition) is 1. The van der Waals surface area contributed by atoms with E-state index in [2.05, 4.69) is 4.72 Å². The van der Waals surface area contributed by atoms with Gasteiger partial charge in [0.1, 0.15) is 19.0 Å². The molecule has 5 nitrogen and oxygen atoms in total. The topological polar surface area (TPSA) is 64.6 Å². The van der Waals surface area contributed by atoms with Gasteiger partial charge >= 0.3 is 0 Å². The summed E-state index contributed by atoms with van der Waals surface area (Å²) in [5, 5.41) is 0. The SMILES string of the molecule is O=S(=O)(Cc1ccc(F)cc1)NCCCCc1ccc2c(c1)OCCO2. The number of sulfonamides is 1. The first-order valence-electron chi connectivity index (χ1n) is 8.62. The van der Waals surface area contributed by atoms with Crippen LogP contribution in [0.15, 0.2) is 42.5 Å². The second-order valence-corrected chi connectivity index (χ2v) is 8.02. The molecule has 1 aliphatic rings. The van der Waals surface area contributed by atoms with Crippen molar-refractivity contribution in [2.75, 3.05) is 19.8 Å². The van der Waals surface area contributed by atoms with Gasteiger partial charge in [-0.05, 0) is 54.7 Å². The van der Waals surface area contributed by atoms with Gasteiger partial charge in [-0.2, -0.15) is 0 Å². The molecule has 1 heterocycles. The van der Waals surface area contributed by atoms with Crippen molar-refractivity contribution in [2.24, 2.45) is 0 Å². The van der Waals surface area contributed by atoms with E-state index in [9.17, 15) is 12.8 Å². The zero-order valence-corrected chi connectivity index (χ0v) is 15.2. The summed E-state index contributed by atoms with van der Waals surface area (Å²) in [6.07, 6.45) is 2.44. The van der Waals surface area contributed by atoms with E-state index in [1.807, 2.05) is 18.2 Å². The molecule has 0 fully saturated rings. The van der Waals surface area contributed by atoms with Gasteiger partial charge in [0.2, 0.25) is 10.0 Å². The summed E-state index contributed by atoms with van der Waals surface area (Å²) in [5.41, 5.74) is 1.71. The van der Waals surface area contributed by atoms with E-state index < -0.39 is 10.0 Å². The molecule has 2 aromatic rings. The molecule has 0 aromatic heterocycles. The van der Waals surface area contributed by atoms with E-state index in [0.29, 0.717) is 25.3 Å². The molecule has 0 amide bonds. The predicted molar refractivity (Wildman–Crippen MR) is 97.4 cm³/mol. The molecule has 0 unspecified atom stereocenters. The van der Waals surface area contributed by atoms with Crippen LogP contribution in [-0.2, 0) is 22.2 Å². The van der Waals surface area contributed by atoms with Crippen LogP contribution in [0, 0.1) is 5.82 Å². The third kappa shape index (κ3) is 5.44. The lowest BCUT2D eigenvalue weighted by Gasteiger charge is -2.18. The molecule has 0 saturated heterocycles. The zero-order valence-electron chi connectivity index (χ0n) is 14.4. The number of fused-ring (bicyclic) bond motifs is 1. The van der Waals surface area contributed by atoms with Crippen molar-refractivity contribution in [1.29, 1.82) is 0 Å². The van der Waals surface area contributed by atoms with Crippen LogP contribution in [0.1, 0.15) is 24.0 Å². The molecule has 2 aromatic carbocycles. The van der Waals surface area contributed by atoms with Crippen molar-refractivity contribution in [3.8, 4) is 11.5 Å². The number of halogens is 1. The number of nitrogens with one attached hydrogen (secondary N) is 1. The quantitative estimate of drug-likeness (QED) is 0.716. The van der Waals surface area contributed by atoms with Crippen LogP contribution in [0.25, 0.3) is 0 Å². The van der Waals surface area contributed by atoms with Crippen LogP contribution in [0.5, 0.6) is 11.5 Å². The molecule has 0 saturated carbocycles. The summed E-state index contributed by atoms with van der Waals surface area (Å²) >= 11 is 0. The molecule has 1 N–H and O–H groups in total. The molecule has 7 heteroatoms. The Balaban J connectivity index is 1.40. The minimum atomic E-state index is -3.41. The van der Waals surface area contributed by atoms with Gasteiger partial charge in [0.25, 0.3) is 0 Å². The normalized spacial score (nSPS) is 13.6. The largest absolute Gasteiger partial charge is 0.486 e. The van der Waals surface area contributed by atoms with Gasteiger partial charge in [0.05, 0.1) is 5.75 Å². The van der Waals surface area contributed by atoms with Crippen LogP contribution in [0.4, 0.5) is 4.39 Å². The molecule has 0 bridgehead atoms. The lowest BCUT2D eigenvalue weighted by atomic mass is 10.1. The Hall–Kier alpha value is -2.12. The second-order valence-electron chi connectivity index (χ2n) is 6.22. The highest BCUT2D eigenvalue weighted by Crippen LogP contribution is 2.31. The lowest BCUT2D eigenvalue weighted by molar-refractivity contribution is 0.171. The summed E-state index contributed by atoms with van der Waals surface area (Å²) in [4.78, 5) is 0. The monoisotopic (exact) mass is 379 g/mol. The molecule has 26 heavy (non-hydrogen) atoms. The van der Waals surface area contributed by atoms with E-state index >= 15 is 0 Å². The maximum absolute atomic E-state index is 12.9. The summed E-state index contributed by atoms with van der Waals surface area (Å²) < 4.78 is 50.6. The molecule has 1 aliphatic heterocycles. The Morgan fingerprint density at radius 1 is 0.923 bits per heavy atom. The minimum Gasteiger partial charge on any atom is -0.486 e. The Morgan fingerprint density at radius 3 is 2.38 bits per heavy atom. The average Bonchev–Trinajstić information content (AvgIpc) is 2.63. The smallest absolute Gasteiger partial charge is 0.215 e. The molecule has 0 radical (unpaired) electrons. The van der Waals surface area contributed by atoms with Gasteiger partial charge in [0, 0.05) is 6.54 Å². The fourth-order valence-corrected chi connectivity index (χ4v) is 3.96. The Morgan fingerprint density at radius 2 is 1.62 bits per heavy atom. The highest BCUT2D eigenvalue weighted by molar-refractivity contribution is 7.88. The van der Waals surface area contributed by atoms with E-state index in [4.69, 9.17) is 9.47 Å². The van der Waals surface area contributed by atoms with Gasteiger partial charge in [-0.1, -0.05) is 18.2 Å². The molecule has 0 atom stereocenters. The summed E-state index contributed by atoms with van der Waals surface area (Å²) in [5.74, 6) is 1.02. The van der Waals surface area contributed by atoms with Crippen LogP contribution in [-0.4, -0.2) is 28.2 Å². The maximum atomic E-state index is 12.9. The Bertz CT molecular complexity index is 837. The molecular formula is C19H22FNO4S. The van der Waals surface area contributed by atoms with Crippen LogP contribution in [0.2, 0.25) is 0 Å². The molecule has 140 valence electrons. The first-order valence-corrected chi connectivity index (χ1v) is 10.3. The van der Waals surface area contributed by atoms with Crippen molar-refractivity contribution in [3.05, 3.63) is 59.4 Å². The van der Waals surface area contributed by atoms with Crippen molar-refractivity contribution < 1.29 is 22.3 Å². The summed E-state index contributed by atoms with van der Waals surface area (Å²) in [6, 6.07) is 11.4. The fraction of sp³-hybridized carbons (Fsp3) is 0.368. The number of hydrogen-bond acceptors (Lipinski definition) is 4. The third-order valence-electron chi connectivity index (χ3n) is 4.09. The standard InChI is InChI=1S/C19H22FNO4S/c20-17-7-4-16(5-8-17)14-26(22,23)21-10-2-1-3-15-6-9-18-19(13-15)25-12-11-24-18/h4-9,13,21H,1-3,10-12,14H2. The minimum absolute atomic E-state index is 0.143. The molecule has 3 rings (SSSR count). The van der Waals surface area contributed by atoms with Crippen LogP contribution in [0.3, 0.4) is 0 Å². The van der Waals surface area contributed by atoms with Crippen molar-refractivity contribution in [3.63, 3.8) is 0 Å². The average molecular weight is 379 g/mol. The first-order chi connectivity index (χ1) is 12.5. The molecule has 0 aliphatic carbocycles. The van der Waals surface area contributed by atoms with Gasteiger partial charge in [-0.3, -0.25) is 0 Å². The highest BCUT2D eigenvalue weighted by atomic mass is 32.2. The zero-order chi connectivity index (χ0) is 18.4. The Labute approximate surface area is 153 Å². The van der Waals surface area contributed by atoms with Gasteiger partial charge in [0.15, 0.2) is 11.5 Å². The summed E-state index contributed by atoms with van der Waals surface area (Å²) in [7, 11) is -3.41. The fourth-order valence-electron chi connectivity index (χ4n) is 2.78. The number of rotatable bonds is 8. The number of benzene rings is 2. The Kier molecular flexibility index (Phi) is 6.11. The van der Waals surface area contributed by atoms with E-state index in [-0.39, 0.29) is 11.6 Å². The van der Waals surface area contributed by atoms with Crippen molar-refractivity contribution >= 4 is 10.0 Å². The van der Waals surface area contributed by atoms with E-state index in [0.717, 1.165) is 36.3 Å². The third-order valence-corrected chi connectivity index (χ3v) is 5.45. The van der Waals surface area contributed by atoms with Gasteiger partial charge in [-0.25, -0.2) is 17.5 Å². The first kappa shape index (κ1) is 18.7. The van der Waals surface area contributed by atoms with E-state index in [1.54, 1.807) is 0 Å². The van der Waals surface area contributed by atoms with Crippen molar-refractivity contribution in [2.45, 2.75) is 25.0 Å². The number of aryl methyl sites for hydroxylation is 1. The highest BCUT2D eigenvalue weighted by Gasteiger charge is 2.12. The maximum Gasteiger partial charge on any atom is 0.215 e. The summed E-state index contributed by atoms with van der Waals surface area (Å²) in [6.45, 7) is 1.52. The number of ether oxygens (including phenoxy) is 2. The molecular weight excluding hydrogens is 357 g/mol. The van der Waals surface area contributed by atoms with Gasteiger partial charge in [-0.15, -0.1) is 0 Å². The lowest BCUT2D eigenvalue weighted by Crippen LogP contribution is -2.26. The molecule has 0 spiro atoms.